The summed E-state index contributed by atoms with van der Waals surface area (Å²) in [6.45, 7) is 0.532. The third kappa shape index (κ3) is 3.12. The predicted octanol–water partition coefficient (Wildman–Crippen LogP) is 1.42. The van der Waals surface area contributed by atoms with Crippen LogP contribution in [0.15, 0.2) is 31.1 Å². The van der Waals surface area contributed by atoms with Crippen LogP contribution in [0.2, 0.25) is 0 Å². The molecule has 0 N–H and O–H groups in total. The highest BCUT2D eigenvalue weighted by Crippen LogP contribution is 2.32. The second-order valence-corrected chi connectivity index (χ2v) is 7.28. The fourth-order valence-corrected chi connectivity index (χ4v) is 3.85. The second-order valence-electron chi connectivity index (χ2n) is 5.34. The lowest BCUT2D eigenvalue weighted by molar-refractivity contribution is 0.253. The maximum absolute atomic E-state index is 12.0. The number of aromatic nitrogens is 4. The van der Waals surface area contributed by atoms with Crippen molar-refractivity contribution in [3.63, 3.8) is 0 Å². The Bertz CT molecular complexity index is 751. The van der Waals surface area contributed by atoms with E-state index in [1.807, 2.05) is 0 Å². The smallest absolute Gasteiger partial charge is 0.211 e. The number of piperidine rings is 1. The first kappa shape index (κ1) is 15.0. The molecule has 1 aliphatic rings. The molecule has 116 valence electrons. The zero-order valence-electron chi connectivity index (χ0n) is 12.3. The molecule has 22 heavy (non-hydrogen) atoms. The van der Waals surface area contributed by atoms with Gasteiger partial charge in [0.05, 0.1) is 36.1 Å². The van der Waals surface area contributed by atoms with Gasteiger partial charge < -0.3 is 0 Å². The molecule has 7 nitrogen and oxygen atoms in total. The molecule has 1 saturated heterocycles. The van der Waals surface area contributed by atoms with Crippen LogP contribution in [0.1, 0.15) is 31.0 Å². The molecule has 1 aliphatic heterocycles. The Kier molecular flexibility index (Phi) is 4.12. The van der Waals surface area contributed by atoms with Crippen molar-refractivity contribution in [1.29, 1.82) is 0 Å². The predicted molar refractivity (Wildman–Crippen MR) is 81.2 cm³/mol. The van der Waals surface area contributed by atoms with Crippen molar-refractivity contribution < 1.29 is 8.42 Å². The molecule has 0 amide bonds. The molecule has 0 saturated carbocycles. The third-order valence-electron chi connectivity index (χ3n) is 3.73. The van der Waals surface area contributed by atoms with Gasteiger partial charge in [-0.1, -0.05) is 6.42 Å². The Hall–Kier alpha value is -1.93. The van der Waals surface area contributed by atoms with Crippen LogP contribution in [0, 0.1) is 0 Å². The number of hydrogen-bond donors (Lipinski definition) is 0. The summed E-state index contributed by atoms with van der Waals surface area (Å²) in [6, 6.07) is -0.249. The monoisotopic (exact) mass is 319 g/mol. The summed E-state index contributed by atoms with van der Waals surface area (Å²) in [5.41, 5.74) is 2.09. The minimum absolute atomic E-state index is 0.249. The lowest BCUT2D eigenvalue weighted by Crippen LogP contribution is -2.38. The minimum atomic E-state index is -3.26. The molecule has 0 aliphatic carbocycles. The van der Waals surface area contributed by atoms with Gasteiger partial charge in [-0.3, -0.25) is 4.98 Å². The van der Waals surface area contributed by atoms with E-state index in [4.69, 9.17) is 0 Å². The van der Waals surface area contributed by atoms with Crippen LogP contribution in [0.5, 0.6) is 0 Å². The standard InChI is InChI=1S/C14H17N5O2S/c1-22(20,21)19-5-3-2-4-14(19)13-9-15-8-12(18-13)11-6-16-10-17-7-11/h6-10,14H,2-5H2,1H3/t14-/m1/s1. The van der Waals surface area contributed by atoms with Gasteiger partial charge in [0.15, 0.2) is 0 Å². The summed E-state index contributed by atoms with van der Waals surface area (Å²) in [7, 11) is -3.26. The van der Waals surface area contributed by atoms with Crippen molar-refractivity contribution >= 4 is 10.0 Å². The number of sulfonamides is 1. The van der Waals surface area contributed by atoms with Crippen LogP contribution in [0.3, 0.4) is 0 Å². The van der Waals surface area contributed by atoms with Gasteiger partial charge in [0.1, 0.15) is 6.33 Å². The highest BCUT2D eigenvalue weighted by Gasteiger charge is 2.31. The lowest BCUT2D eigenvalue weighted by atomic mass is 10.0. The number of nitrogens with zero attached hydrogens (tertiary/aromatic N) is 5. The molecular formula is C14H17N5O2S. The summed E-state index contributed by atoms with van der Waals surface area (Å²) in [4.78, 5) is 16.7. The van der Waals surface area contributed by atoms with Crippen LogP contribution in [0.25, 0.3) is 11.3 Å². The zero-order chi connectivity index (χ0) is 15.6. The van der Waals surface area contributed by atoms with Crippen molar-refractivity contribution in [3.05, 3.63) is 36.8 Å². The summed E-state index contributed by atoms with van der Waals surface area (Å²) in [6.07, 6.45) is 11.9. The fraction of sp³-hybridized carbons (Fsp3) is 0.429. The van der Waals surface area contributed by atoms with Crippen LogP contribution in [-0.4, -0.2) is 45.5 Å². The van der Waals surface area contributed by atoms with Crippen LogP contribution in [-0.2, 0) is 10.0 Å². The van der Waals surface area contributed by atoms with Gasteiger partial charge in [0, 0.05) is 24.5 Å². The average Bonchev–Trinajstić information content (AvgIpc) is 2.55. The van der Waals surface area contributed by atoms with Crippen molar-refractivity contribution in [2.45, 2.75) is 25.3 Å². The van der Waals surface area contributed by atoms with Crippen molar-refractivity contribution in [2.75, 3.05) is 12.8 Å². The van der Waals surface area contributed by atoms with Crippen molar-refractivity contribution in [3.8, 4) is 11.3 Å². The molecule has 2 aromatic heterocycles. The van der Waals surface area contributed by atoms with E-state index in [2.05, 4.69) is 19.9 Å². The molecule has 1 atom stereocenters. The Balaban J connectivity index is 1.97. The van der Waals surface area contributed by atoms with Gasteiger partial charge in [-0.2, -0.15) is 4.31 Å². The topological polar surface area (TPSA) is 88.9 Å². The molecule has 0 unspecified atom stereocenters. The summed E-state index contributed by atoms with van der Waals surface area (Å²) < 4.78 is 25.5. The Morgan fingerprint density at radius 1 is 1.09 bits per heavy atom. The summed E-state index contributed by atoms with van der Waals surface area (Å²) >= 11 is 0. The summed E-state index contributed by atoms with van der Waals surface area (Å²) in [5, 5.41) is 0. The van der Waals surface area contributed by atoms with E-state index >= 15 is 0 Å². The fourth-order valence-electron chi connectivity index (χ4n) is 2.71. The maximum atomic E-state index is 12.0. The molecule has 2 aromatic rings. The number of rotatable bonds is 3. The highest BCUT2D eigenvalue weighted by atomic mass is 32.2. The highest BCUT2D eigenvalue weighted by molar-refractivity contribution is 7.88. The molecule has 0 bridgehead atoms. The van der Waals surface area contributed by atoms with E-state index in [9.17, 15) is 8.42 Å². The SMILES string of the molecule is CS(=O)(=O)N1CCCC[C@@H]1c1cncc(-c2cncnc2)n1. The minimum Gasteiger partial charge on any atom is -0.260 e. The first-order valence-corrected chi connectivity index (χ1v) is 8.94. The van der Waals surface area contributed by atoms with Crippen molar-refractivity contribution in [1.82, 2.24) is 24.2 Å². The maximum Gasteiger partial charge on any atom is 0.211 e. The molecular weight excluding hydrogens is 302 g/mol. The molecule has 3 heterocycles. The largest absolute Gasteiger partial charge is 0.260 e. The van der Waals surface area contributed by atoms with E-state index in [1.165, 1.54) is 16.9 Å². The van der Waals surface area contributed by atoms with E-state index in [0.29, 0.717) is 17.9 Å². The number of hydrogen-bond acceptors (Lipinski definition) is 6. The molecule has 1 fully saturated rings. The van der Waals surface area contributed by atoms with E-state index in [1.54, 1.807) is 24.8 Å². The van der Waals surface area contributed by atoms with Gasteiger partial charge in [0.25, 0.3) is 0 Å². The first-order chi connectivity index (χ1) is 10.6. The molecule has 0 aromatic carbocycles. The molecule has 0 spiro atoms. The van der Waals surface area contributed by atoms with E-state index < -0.39 is 10.0 Å². The molecule has 8 heteroatoms. The van der Waals surface area contributed by atoms with E-state index in [-0.39, 0.29) is 6.04 Å². The van der Waals surface area contributed by atoms with Gasteiger partial charge in [-0.25, -0.2) is 23.4 Å². The molecule has 3 rings (SSSR count). The average molecular weight is 319 g/mol. The Morgan fingerprint density at radius 3 is 2.59 bits per heavy atom. The Labute approximate surface area is 129 Å². The third-order valence-corrected chi connectivity index (χ3v) is 5.02. The summed E-state index contributed by atoms with van der Waals surface area (Å²) in [5.74, 6) is 0. The van der Waals surface area contributed by atoms with Gasteiger partial charge >= 0.3 is 0 Å². The normalized spacial score (nSPS) is 20.0. The first-order valence-electron chi connectivity index (χ1n) is 7.10. The van der Waals surface area contributed by atoms with Crippen LogP contribution < -0.4 is 0 Å². The van der Waals surface area contributed by atoms with Gasteiger partial charge in [0.2, 0.25) is 10.0 Å². The zero-order valence-corrected chi connectivity index (χ0v) is 13.1. The lowest BCUT2D eigenvalue weighted by Gasteiger charge is -2.33. The van der Waals surface area contributed by atoms with Gasteiger partial charge in [-0.05, 0) is 12.8 Å². The van der Waals surface area contributed by atoms with Crippen molar-refractivity contribution in [2.24, 2.45) is 0 Å². The quantitative estimate of drug-likeness (QED) is 0.850. The Morgan fingerprint density at radius 2 is 1.86 bits per heavy atom. The van der Waals surface area contributed by atoms with Crippen LogP contribution in [0.4, 0.5) is 0 Å². The van der Waals surface area contributed by atoms with Gasteiger partial charge in [-0.15, -0.1) is 0 Å². The molecule has 0 radical (unpaired) electrons. The second kappa shape index (κ2) is 6.05. The van der Waals surface area contributed by atoms with Crippen LogP contribution >= 0.6 is 0 Å². The van der Waals surface area contributed by atoms with E-state index in [0.717, 1.165) is 24.8 Å².